The quantitative estimate of drug-likeness (QED) is 0.643. The van der Waals surface area contributed by atoms with E-state index in [-0.39, 0.29) is 17.5 Å². The molecule has 0 bridgehead atoms. The summed E-state index contributed by atoms with van der Waals surface area (Å²) in [5.74, 6) is 0.172. The summed E-state index contributed by atoms with van der Waals surface area (Å²) in [6.07, 6.45) is 0.921. The zero-order valence-corrected chi connectivity index (χ0v) is 16.9. The minimum absolute atomic E-state index is 0.119. The van der Waals surface area contributed by atoms with E-state index in [0.29, 0.717) is 22.4 Å². The zero-order valence-electron chi connectivity index (χ0n) is 16.9. The van der Waals surface area contributed by atoms with E-state index in [1.807, 2.05) is 23.1 Å². The smallest absolute Gasteiger partial charge is 0.279 e. The predicted octanol–water partition coefficient (Wildman–Crippen LogP) is 2.69. The van der Waals surface area contributed by atoms with E-state index in [1.165, 1.54) is 15.8 Å². The van der Waals surface area contributed by atoms with Gasteiger partial charge in [-0.15, -0.1) is 0 Å². The number of nitrogens with zero attached hydrogens (tertiary/aromatic N) is 4. The fourth-order valence-electron chi connectivity index (χ4n) is 4.92. The molecule has 0 saturated carbocycles. The van der Waals surface area contributed by atoms with Crippen LogP contribution >= 0.6 is 0 Å². The summed E-state index contributed by atoms with van der Waals surface area (Å²) in [7, 11) is 3.74. The van der Waals surface area contributed by atoms with Gasteiger partial charge in [-0.25, -0.2) is 4.68 Å². The summed E-state index contributed by atoms with van der Waals surface area (Å²) in [6, 6.07) is 13.7. The standard InChI is InChI=1S/C23H24N4O2/c1-14-8-9-19-17(12-14)18-13-25(2)11-10-20(18)27(19)23(29)21-15-6-4-5-7-16(15)22(28)26(3)24-21/h4-9,12,18,20H,10-11,13H2,1-3H3/t18-,20-/m0/s1. The number of aryl methyl sites for hydroxylation is 2. The number of rotatable bonds is 1. The number of likely N-dealkylation sites (tertiary alicyclic amines) is 1. The number of carbonyl (C=O) groups excluding carboxylic acids is 1. The van der Waals surface area contributed by atoms with Gasteiger partial charge in [0.1, 0.15) is 0 Å². The van der Waals surface area contributed by atoms with E-state index in [4.69, 9.17) is 0 Å². The van der Waals surface area contributed by atoms with Crippen LogP contribution in [0.3, 0.4) is 0 Å². The Balaban J connectivity index is 1.69. The molecule has 0 unspecified atom stereocenters. The van der Waals surface area contributed by atoms with Crippen LogP contribution in [0.4, 0.5) is 5.69 Å². The van der Waals surface area contributed by atoms with E-state index in [2.05, 4.69) is 42.2 Å². The Morgan fingerprint density at radius 2 is 1.86 bits per heavy atom. The predicted molar refractivity (Wildman–Crippen MR) is 114 cm³/mol. The maximum atomic E-state index is 13.8. The topological polar surface area (TPSA) is 58.4 Å². The van der Waals surface area contributed by atoms with E-state index < -0.39 is 0 Å². The van der Waals surface area contributed by atoms with Crippen molar-refractivity contribution in [2.45, 2.75) is 25.3 Å². The molecule has 0 N–H and O–H groups in total. The number of anilines is 1. The lowest BCUT2D eigenvalue weighted by atomic mass is 9.89. The number of hydrogen-bond acceptors (Lipinski definition) is 4. The normalized spacial score (nSPS) is 21.3. The number of carbonyl (C=O) groups is 1. The van der Waals surface area contributed by atoms with Gasteiger partial charge in [0.15, 0.2) is 5.69 Å². The molecule has 2 aliphatic rings. The van der Waals surface area contributed by atoms with Gasteiger partial charge in [-0.1, -0.05) is 35.9 Å². The van der Waals surface area contributed by atoms with Gasteiger partial charge in [-0.2, -0.15) is 5.10 Å². The fraction of sp³-hybridized carbons (Fsp3) is 0.348. The largest absolute Gasteiger partial charge is 0.306 e. The van der Waals surface area contributed by atoms with Crippen LogP contribution in [-0.2, 0) is 7.05 Å². The maximum absolute atomic E-state index is 13.8. The average molecular weight is 388 g/mol. The summed E-state index contributed by atoms with van der Waals surface area (Å²) in [5, 5.41) is 5.53. The van der Waals surface area contributed by atoms with Crippen molar-refractivity contribution in [2.24, 2.45) is 7.05 Å². The molecule has 1 fully saturated rings. The lowest BCUT2D eigenvalue weighted by Crippen LogP contribution is -2.47. The Bertz CT molecular complexity index is 1200. The van der Waals surface area contributed by atoms with Gasteiger partial charge >= 0.3 is 0 Å². The molecule has 2 aromatic carbocycles. The van der Waals surface area contributed by atoms with Crippen molar-refractivity contribution in [3.8, 4) is 0 Å². The van der Waals surface area contributed by atoms with Crippen LogP contribution in [-0.4, -0.2) is 46.8 Å². The average Bonchev–Trinajstić information content (AvgIpc) is 3.03. The van der Waals surface area contributed by atoms with Crippen molar-refractivity contribution in [3.63, 3.8) is 0 Å². The molecular formula is C23H24N4O2. The molecule has 6 heteroatoms. The molecular weight excluding hydrogens is 364 g/mol. The minimum Gasteiger partial charge on any atom is -0.306 e. The van der Waals surface area contributed by atoms with Crippen LogP contribution < -0.4 is 10.5 Å². The first-order valence-electron chi connectivity index (χ1n) is 10.0. The van der Waals surface area contributed by atoms with Gasteiger partial charge in [-0.05, 0) is 44.6 Å². The lowest BCUT2D eigenvalue weighted by molar-refractivity contribution is 0.0959. The lowest BCUT2D eigenvalue weighted by Gasteiger charge is -2.36. The highest BCUT2D eigenvalue weighted by Crippen LogP contribution is 2.45. The third kappa shape index (κ3) is 2.70. The second kappa shape index (κ2) is 6.52. The third-order valence-electron chi connectivity index (χ3n) is 6.33. The van der Waals surface area contributed by atoms with Crippen LogP contribution in [0.1, 0.15) is 34.0 Å². The van der Waals surface area contributed by atoms with Gasteiger partial charge < -0.3 is 9.80 Å². The molecule has 2 aliphatic heterocycles. The number of piperidine rings is 1. The highest BCUT2D eigenvalue weighted by molar-refractivity contribution is 6.13. The van der Waals surface area contributed by atoms with E-state index >= 15 is 0 Å². The molecule has 6 nitrogen and oxygen atoms in total. The summed E-state index contributed by atoms with van der Waals surface area (Å²) in [4.78, 5) is 30.6. The van der Waals surface area contributed by atoms with Gasteiger partial charge in [0.05, 0.1) is 5.39 Å². The summed E-state index contributed by atoms with van der Waals surface area (Å²) in [6.45, 7) is 3.99. The van der Waals surface area contributed by atoms with E-state index in [0.717, 1.165) is 25.2 Å². The first-order valence-corrected chi connectivity index (χ1v) is 10.0. The van der Waals surface area contributed by atoms with Crippen molar-refractivity contribution < 1.29 is 4.79 Å². The first-order chi connectivity index (χ1) is 14.0. The Labute approximate surface area is 169 Å². The van der Waals surface area contributed by atoms with E-state index in [9.17, 15) is 9.59 Å². The highest BCUT2D eigenvalue weighted by Gasteiger charge is 2.44. The number of amides is 1. The molecule has 1 amide bonds. The maximum Gasteiger partial charge on any atom is 0.279 e. The Morgan fingerprint density at radius 1 is 1.10 bits per heavy atom. The summed E-state index contributed by atoms with van der Waals surface area (Å²) >= 11 is 0. The van der Waals surface area contributed by atoms with Crippen LogP contribution in [0, 0.1) is 6.92 Å². The number of hydrogen-bond donors (Lipinski definition) is 0. The number of likely N-dealkylation sites (N-methyl/N-ethyl adjacent to an activating group) is 1. The molecule has 0 aliphatic carbocycles. The Morgan fingerprint density at radius 3 is 2.66 bits per heavy atom. The van der Waals surface area contributed by atoms with Gasteiger partial charge in [-0.3, -0.25) is 9.59 Å². The molecule has 0 spiro atoms. The van der Waals surface area contributed by atoms with Crippen LogP contribution in [0.2, 0.25) is 0 Å². The number of aromatic nitrogens is 2. The van der Waals surface area contributed by atoms with Gasteiger partial charge in [0.2, 0.25) is 0 Å². The van der Waals surface area contributed by atoms with Crippen molar-refractivity contribution in [1.82, 2.24) is 14.7 Å². The Hall–Kier alpha value is -2.99. The first kappa shape index (κ1) is 18.1. The molecule has 0 radical (unpaired) electrons. The van der Waals surface area contributed by atoms with Crippen LogP contribution in [0.5, 0.6) is 0 Å². The van der Waals surface area contributed by atoms with Crippen molar-refractivity contribution >= 4 is 22.4 Å². The van der Waals surface area contributed by atoms with Crippen molar-refractivity contribution in [3.05, 3.63) is 69.6 Å². The minimum atomic E-state index is -0.188. The SMILES string of the molecule is Cc1ccc2c(c1)[C@@H]1CN(C)CC[C@@H]1N2C(=O)c1nn(C)c(=O)c2ccccc12. The molecule has 3 aromatic rings. The van der Waals surface area contributed by atoms with Gasteiger partial charge in [0, 0.05) is 36.6 Å². The van der Waals surface area contributed by atoms with Crippen LogP contribution in [0.15, 0.2) is 47.3 Å². The third-order valence-corrected chi connectivity index (χ3v) is 6.33. The van der Waals surface area contributed by atoms with Gasteiger partial charge in [0.25, 0.3) is 11.5 Å². The summed E-state index contributed by atoms with van der Waals surface area (Å²) in [5.41, 5.74) is 3.57. The zero-order chi connectivity index (χ0) is 20.3. The second-order valence-corrected chi connectivity index (χ2v) is 8.29. The molecule has 29 heavy (non-hydrogen) atoms. The van der Waals surface area contributed by atoms with Crippen LogP contribution in [0.25, 0.3) is 10.8 Å². The molecule has 5 rings (SSSR count). The molecule has 1 saturated heterocycles. The molecule has 148 valence electrons. The van der Waals surface area contributed by atoms with Crippen molar-refractivity contribution in [2.75, 3.05) is 25.0 Å². The molecule has 2 atom stereocenters. The Kier molecular flexibility index (Phi) is 4.06. The number of fused-ring (bicyclic) bond motifs is 4. The second-order valence-electron chi connectivity index (χ2n) is 8.29. The highest BCUT2D eigenvalue weighted by atomic mass is 16.2. The van der Waals surface area contributed by atoms with Crippen molar-refractivity contribution in [1.29, 1.82) is 0 Å². The van der Waals surface area contributed by atoms with E-state index in [1.54, 1.807) is 13.1 Å². The monoisotopic (exact) mass is 388 g/mol. The summed E-state index contributed by atoms with van der Waals surface area (Å²) < 4.78 is 1.27. The fourth-order valence-corrected chi connectivity index (χ4v) is 4.92. The molecule has 1 aromatic heterocycles. The molecule has 3 heterocycles. The number of benzene rings is 2.